The van der Waals surface area contributed by atoms with Crippen LogP contribution in [0.2, 0.25) is 0 Å². The lowest BCUT2D eigenvalue weighted by molar-refractivity contribution is -0.172. The summed E-state index contributed by atoms with van der Waals surface area (Å²) in [5.41, 5.74) is 2.37. The Bertz CT molecular complexity index is 57.0. The normalized spacial score (nSPS) is 10.7. The molecular weight excluding hydrogens is 118 g/mol. The Kier molecular flexibility index (Phi) is 5.93. The molecule has 0 saturated heterocycles. The van der Waals surface area contributed by atoms with Gasteiger partial charge < -0.3 is 0 Å². The van der Waals surface area contributed by atoms with Crippen LogP contribution in [0.3, 0.4) is 0 Å². The molecule has 0 spiro atoms. The van der Waals surface area contributed by atoms with Gasteiger partial charge in [-0.2, -0.15) is 0 Å². The highest BCUT2D eigenvalue weighted by atomic mass is 16.9. The molecule has 0 aliphatic rings. The summed E-state index contributed by atoms with van der Waals surface area (Å²) in [5, 5.41) is 0. The van der Waals surface area contributed by atoms with E-state index in [2.05, 4.69) is 19.5 Å². The summed E-state index contributed by atoms with van der Waals surface area (Å²) in [6, 6.07) is 0. The first-order valence-corrected chi connectivity index (χ1v) is 3.26. The monoisotopic (exact) mass is 133 g/mol. The van der Waals surface area contributed by atoms with E-state index in [9.17, 15) is 0 Å². The van der Waals surface area contributed by atoms with Gasteiger partial charge in [-0.3, -0.25) is 9.68 Å². The molecule has 3 heteroatoms. The van der Waals surface area contributed by atoms with Crippen molar-refractivity contribution < 1.29 is 9.68 Å². The highest BCUT2D eigenvalue weighted by molar-refractivity contribution is 4.34. The van der Waals surface area contributed by atoms with Gasteiger partial charge in [0.15, 0.2) is 0 Å². The summed E-state index contributed by atoms with van der Waals surface area (Å²) in [5.74, 6) is 0.540. The average Bonchev–Trinajstić information content (AvgIpc) is 1.80. The van der Waals surface area contributed by atoms with E-state index in [4.69, 9.17) is 9.68 Å². The van der Waals surface area contributed by atoms with Crippen molar-refractivity contribution in [3.8, 4) is 0 Å². The standard InChI is InChI=1S/C6H15NO2/c1-4-8-7-9-5-6(2)3/h6-7H,4-5H2,1-3H3. The van der Waals surface area contributed by atoms with Crippen LogP contribution < -0.4 is 5.64 Å². The second-order valence-corrected chi connectivity index (χ2v) is 2.22. The molecule has 0 radical (unpaired) electrons. The molecule has 0 unspecified atom stereocenters. The Morgan fingerprint density at radius 3 is 2.44 bits per heavy atom. The maximum absolute atomic E-state index is 4.86. The van der Waals surface area contributed by atoms with Crippen LogP contribution in [-0.2, 0) is 9.68 Å². The van der Waals surface area contributed by atoms with Crippen molar-refractivity contribution in [2.24, 2.45) is 5.92 Å². The highest BCUT2D eigenvalue weighted by Crippen LogP contribution is 1.88. The second-order valence-electron chi connectivity index (χ2n) is 2.22. The highest BCUT2D eigenvalue weighted by Gasteiger charge is 1.90. The Hall–Kier alpha value is -0.120. The van der Waals surface area contributed by atoms with E-state index in [-0.39, 0.29) is 0 Å². The maximum Gasteiger partial charge on any atom is 0.0732 e. The summed E-state index contributed by atoms with van der Waals surface area (Å²) in [4.78, 5) is 9.57. The molecule has 0 rings (SSSR count). The van der Waals surface area contributed by atoms with Gasteiger partial charge in [-0.1, -0.05) is 19.5 Å². The summed E-state index contributed by atoms with van der Waals surface area (Å²) in [6.07, 6.45) is 0. The van der Waals surface area contributed by atoms with Crippen LogP contribution in [-0.4, -0.2) is 13.2 Å². The van der Waals surface area contributed by atoms with Gasteiger partial charge in [-0.25, -0.2) is 0 Å². The van der Waals surface area contributed by atoms with Crippen LogP contribution in [0.1, 0.15) is 20.8 Å². The zero-order valence-electron chi connectivity index (χ0n) is 6.31. The van der Waals surface area contributed by atoms with E-state index in [0.717, 1.165) is 0 Å². The van der Waals surface area contributed by atoms with Crippen molar-refractivity contribution in [2.45, 2.75) is 20.8 Å². The van der Waals surface area contributed by atoms with Gasteiger partial charge in [-0.15, -0.1) is 0 Å². The average molecular weight is 133 g/mol. The maximum atomic E-state index is 4.86. The van der Waals surface area contributed by atoms with Crippen LogP contribution >= 0.6 is 0 Å². The summed E-state index contributed by atoms with van der Waals surface area (Å²) >= 11 is 0. The van der Waals surface area contributed by atoms with E-state index in [1.807, 2.05) is 6.92 Å². The lowest BCUT2D eigenvalue weighted by Crippen LogP contribution is -2.17. The zero-order valence-corrected chi connectivity index (χ0v) is 6.31. The molecule has 0 aromatic carbocycles. The molecule has 3 nitrogen and oxygen atoms in total. The molecule has 0 aliphatic heterocycles. The van der Waals surface area contributed by atoms with Crippen molar-refractivity contribution in [2.75, 3.05) is 13.2 Å². The van der Waals surface area contributed by atoms with E-state index >= 15 is 0 Å². The van der Waals surface area contributed by atoms with Crippen LogP contribution in [0.4, 0.5) is 0 Å². The lowest BCUT2D eigenvalue weighted by Gasteiger charge is -2.05. The minimum absolute atomic E-state index is 0.540. The van der Waals surface area contributed by atoms with Crippen molar-refractivity contribution in [3.63, 3.8) is 0 Å². The second kappa shape index (κ2) is 6.01. The predicted molar refractivity (Wildman–Crippen MR) is 35.6 cm³/mol. The molecule has 0 fully saturated rings. The topological polar surface area (TPSA) is 30.5 Å². The first-order valence-electron chi connectivity index (χ1n) is 3.26. The fourth-order valence-corrected chi connectivity index (χ4v) is 0.301. The van der Waals surface area contributed by atoms with Crippen LogP contribution in [0.15, 0.2) is 0 Å². The van der Waals surface area contributed by atoms with Gasteiger partial charge in [0.1, 0.15) is 0 Å². The van der Waals surface area contributed by atoms with E-state index in [0.29, 0.717) is 19.1 Å². The smallest absolute Gasteiger partial charge is 0.0732 e. The van der Waals surface area contributed by atoms with E-state index in [1.54, 1.807) is 0 Å². The largest absolute Gasteiger partial charge is 0.277 e. The van der Waals surface area contributed by atoms with E-state index < -0.39 is 0 Å². The summed E-state index contributed by atoms with van der Waals surface area (Å²) in [7, 11) is 0. The van der Waals surface area contributed by atoms with Crippen LogP contribution in [0.25, 0.3) is 0 Å². The van der Waals surface area contributed by atoms with Crippen LogP contribution in [0, 0.1) is 5.92 Å². The molecule has 56 valence electrons. The Morgan fingerprint density at radius 2 is 2.00 bits per heavy atom. The summed E-state index contributed by atoms with van der Waals surface area (Å²) in [6.45, 7) is 7.35. The van der Waals surface area contributed by atoms with Crippen molar-refractivity contribution in [1.29, 1.82) is 0 Å². The van der Waals surface area contributed by atoms with Crippen molar-refractivity contribution >= 4 is 0 Å². The molecule has 0 bridgehead atoms. The number of hydrogen-bond donors (Lipinski definition) is 1. The molecule has 0 amide bonds. The molecule has 1 N–H and O–H groups in total. The van der Waals surface area contributed by atoms with Gasteiger partial charge in [0, 0.05) is 0 Å². The number of hydrogen-bond acceptors (Lipinski definition) is 3. The molecule has 9 heavy (non-hydrogen) atoms. The number of rotatable bonds is 5. The minimum Gasteiger partial charge on any atom is -0.277 e. The summed E-state index contributed by atoms with van der Waals surface area (Å²) < 4.78 is 0. The molecular formula is C6H15NO2. The Balaban J connectivity index is 2.75. The van der Waals surface area contributed by atoms with Crippen molar-refractivity contribution in [1.82, 2.24) is 5.64 Å². The Labute approximate surface area is 56.2 Å². The third-order valence-electron chi connectivity index (χ3n) is 0.679. The van der Waals surface area contributed by atoms with Crippen LogP contribution in [0.5, 0.6) is 0 Å². The minimum atomic E-state index is 0.540. The van der Waals surface area contributed by atoms with E-state index in [1.165, 1.54) is 0 Å². The first-order chi connectivity index (χ1) is 4.27. The molecule has 0 heterocycles. The zero-order chi connectivity index (χ0) is 7.11. The SMILES string of the molecule is CCONOCC(C)C. The van der Waals surface area contributed by atoms with Gasteiger partial charge in [0.25, 0.3) is 0 Å². The third-order valence-corrected chi connectivity index (χ3v) is 0.679. The molecule has 0 saturated carbocycles. The molecule has 0 aliphatic carbocycles. The van der Waals surface area contributed by atoms with Gasteiger partial charge in [-0.05, 0) is 12.8 Å². The predicted octanol–water partition coefficient (Wildman–Crippen LogP) is 1.12. The number of nitrogens with one attached hydrogen (secondary N) is 1. The lowest BCUT2D eigenvalue weighted by atomic mass is 10.2. The fourth-order valence-electron chi connectivity index (χ4n) is 0.301. The molecule has 0 atom stereocenters. The first kappa shape index (κ1) is 8.88. The van der Waals surface area contributed by atoms with Gasteiger partial charge >= 0.3 is 0 Å². The van der Waals surface area contributed by atoms with Gasteiger partial charge in [0.2, 0.25) is 0 Å². The molecule has 0 aromatic rings. The van der Waals surface area contributed by atoms with Gasteiger partial charge in [0.05, 0.1) is 13.2 Å². The quantitative estimate of drug-likeness (QED) is 0.450. The fraction of sp³-hybridized carbons (Fsp3) is 1.00. The Morgan fingerprint density at radius 1 is 1.33 bits per heavy atom. The third kappa shape index (κ3) is 7.88. The molecule has 0 aromatic heterocycles. The van der Waals surface area contributed by atoms with Crippen molar-refractivity contribution in [3.05, 3.63) is 0 Å².